The number of fused-ring (bicyclic) bond motifs is 1. The van der Waals surface area contributed by atoms with E-state index < -0.39 is 15.8 Å². The van der Waals surface area contributed by atoms with E-state index in [9.17, 15) is 27.9 Å². The number of halogens is 1. The van der Waals surface area contributed by atoms with Crippen LogP contribution in [0.4, 0.5) is 5.69 Å². The molecule has 2 amide bonds. The largest absolute Gasteiger partial charge is 0.478 e. The van der Waals surface area contributed by atoms with E-state index in [2.05, 4.69) is 10.3 Å². The number of carbonyl (C=O) groups excluding carboxylic acids is 2. The number of aryl methyl sites for hydroxylation is 1. The van der Waals surface area contributed by atoms with Gasteiger partial charge in [0.1, 0.15) is 0 Å². The van der Waals surface area contributed by atoms with E-state index in [1.165, 1.54) is 35.2 Å². The lowest BCUT2D eigenvalue weighted by Crippen LogP contribution is -2.22. The van der Waals surface area contributed by atoms with Gasteiger partial charge < -0.3 is 20.3 Å². The van der Waals surface area contributed by atoms with Crippen molar-refractivity contribution in [3.8, 4) is 0 Å². The van der Waals surface area contributed by atoms with E-state index in [1.54, 1.807) is 39.2 Å². The fourth-order valence-electron chi connectivity index (χ4n) is 4.31. The van der Waals surface area contributed by atoms with Crippen molar-refractivity contribution >= 4 is 56.6 Å². The summed E-state index contributed by atoms with van der Waals surface area (Å²) in [4.78, 5) is 40.9. The highest BCUT2D eigenvalue weighted by molar-refractivity contribution is 7.91. The van der Waals surface area contributed by atoms with E-state index >= 15 is 0 Å². The van der Waals surface area contributed by atoms with Gasteiger partial charge in [-0.25, -0.2) is 13.2 Å². The number of carbonyl (C=O) groups is 3. The molecule has 1 aliphatic rings. The standard InChI is InChI=1S/C26H24ClN3O6S/c1-14-24(37(35,36)22-7-5-4-6-17(22)26(33)34)16(9-11-23(31)30(2)3)21(28-14)13-19-18-12-15(27)8-10-20(18)29-25(19)32/h4-8,10,12-13,28H,9,11H2,1-3H3,(H,29,32)(H,33,34)/b19-13+. The first-order valence-electron chi connectivity index (χ1n) is 11.2. The number of amides is 2. The molecule has 1 aliphatic heterocycles. The van der Waals surface area contributed by atoms with E-state index in [1.807, 2.05) is 0 Å². The second-order valence-corrected chi connectivity index (χ2v) is 11.1. The van der Waals surface area contributed by atoms with Crippen molar-refractivity contribution < 1.29 is 27.9 Å². The van der Waals surface area contributed by atoms with Gasteiger partial charge >= 0.3 is 5.97 Å². The van der Waals surface area contributed by atoms with E-state index in [-0.39, 0.29) is 56.8 Å². The molecule has 0 bridgehead atoms. The molecule has 0 atom stereocenters. The van der Waals surface area contributed by atoms with Crippen LogP contribution in [0.15, 0.2) is 52.3 Å². The number of nitrogens with zero attached hydrogens (tertiary/aromatic N) is 1. The van der Waals surface area contributed by atoms with Crippen LogP contribution in [0, 0.1) is 6.92 Å². The molecule has 0 fully saturated rings. The van der Waals surface area contributed by atoms with Crippen molar-refractivity contribution in [1.29, 1.82) is 0 Å². The van der Waals surface area contributed by atoms with Crippen LogP contribution in [0.5, 0.6) is 0 Å². The lowest BCUT2D eigenvalue weighted by molar-refractivity contribution is -0.128. The van der Waals surface area contributed by atoms with Crippen LogP contribution in [0.3, 0.4) is 0 Å². The number of hydrogen-bond acceptors (Lipinski definition) is 5. The second kappa shape index (κ2) is 9.87. The predicted molar refractivity (Wildman–Crippen MR) is 139 cm³/mol. The van der Waals surface area contributed by atoms with Crippen LogP contribution in [0.25, 0.3) is 11.6 Å². The van der Waals surface area contributed by atoms with Gasteiger partial charge in [0.2, 0.25) is 15.7 Å². The molecule has 0 saturated heterocycles. The Bertz CT molecular complexity index is 1590. The molecule has 9 nitrogen and oxygen atoms in total. The highest BCUT2D eigenvalue weighted by Crippen LogP contribution is 2.38. The highest BCUT2D eigenvalue weighted by Gasteiger charge is 2.32. The number of aromatic carboxylic acids is 1. The number of carboxylic acids is 1. The van der Waals surface area contributed by atoms with E-state index in [0.717, 1.165) is 0 Å². The molecule has 0 spiro atoms. The Labute approximate surface area is 218 Å². The Kier molecular flexibility index (Phi) is 6.98. The topological polar surface area (TPSA) is 137 Å². The smallest absolute Gasteiger partial charge is 0.337 e. The van der Waals surface area contributed by atoms with Crippen LogP contribution in [0.2, 0.25) is 5.02 Å². The number of anilines is 1. The molecule has 3 N–H and O–H groups in total. The SMILES string of the molecule is Cc1[nH]c(/C=C2/C(=O)Nc3ccc(Cl)cc32)c(CCC(=O)N(C)C)c1S(=O)(=O)c1ccccc1C(=O)O. The summed E-state index contributed by atoms with van der Waals surface area (Å²) in [6.45, 7) is 1.55. The number of benzene rings is 2. The van der Waals surface area contributed by atoms with Crippen molar-refractivity contribution in [2.24, 2.45) is 0 Å². The summed E-state index contributed by atoms with van der Waals surface area (Å²) in [5, 5.41) is 12.8. The monoisotopic (exact) mass is 541 g/mol. The number of H-pyrrole nitrogens is 1. The number of rotatable bonds is 7. The number of aromatic nitrogens is 1. The van der Waals surface area contributed by atoms with Crippen molar-refractivity contribution in [1.82, 2.24) is 9.88 Å². The average Bonchev–Trinajstić information content (AvgIpc) is 3.32. The van der Waals surface area contributed by atoms with Crippen molar-refractivity contribution in [2.45, 2.75) is 29.6 Å². The maximum atomic E-state index is 13.8. The Morgan fingerprint density at radius 1 is 1.14 bits per heavy atom. The maximum absolute atomic E-state index is 13.8. The first-order valence-corrected chi connectivity index (χ1v) is 13.1. The second-order valence-electron chi connectivity index (χ2n) is 8.77. The van der Waals surface area contributed by atoms with Gasteiger partial charge in [-0.05, 0) is 55.3 Å². The number of nitrogens with one attached hydrogen (secondary N) is 2. The highest BCUT2D eigenvalue weighted by atomic mass is 35.5. The first kappa shape index (κ1) is 26.2. The van der Waals surface area contributed by atoms with Crippen LogP contribution >= 0.6 is 11.6 Å². The van der Waals surface area contributed by atoms with Gasteiger partial charge in [-0.1, -0.05) is 23.7 Å². The summed E-state index contributed by atoms with van der Waals surface area (Å²) in [6, 6.07) is 10.3. The molecular formula is C26H24ClN3O6S. The number of carboxylic acid groups (broad SMARTS) is 1. The number of hydrogen-bond donors (Lipinski definition) is 3. The number of aromatic amines is 1. The zero-order valence-corrected chi connectivity index (χ0v) is 21.8. The van der Waals surface area contributed by atoms with Crippen molar-refractivity contribution in [3.63, 3.8) is 0 Å². The molecule has 1 aromatic heterocycles. The molecule has 3 aromatic rings. The molecule has 192 valence electrons. The lowest BCUT2D eigenvalue weighted by Gasteiger charge is -2.13. The van der Waals surface area contributed by atoms with Gasteiger partial charge in [0.05, 0.1) is 20.9 Å². The summed E-state index contributed by atoms with van der Waals surface area (Å²) in [5.74, 6) is -1.99. The minimum atomic E-state index is -4.33. The minimum absolute atomic E-state index is 0.00181. The third-order valence-electron chi connectivity index (χ3n) is 6.08. The summed E-state index contributed by atoms with van der Waals surface area (Å²) in [5.41, 5.74) is 1.89. The number of sulfone groups is 1. The van der Waals surface area contributed by atoms with Gasteiger partial charge in [0, 0.05) is 48.2 Å². The lowest BCUT2D eigenvalue weighted by atomic mass is 10.0. The average molecular weight is 542 g/mol. The van der Waals surface area contributed by atoms with Gasteiger partial charge in [-0.2, -0.15) is 0 Å². The van der Waals surface area contributed by atoms with Crippen molar-refractivity contribution in [2.75, 3.05) is 19.4 Å². The van der Waals surface area contributed by atoms with Crippen LogP contribution in [-0.2, 0) is 25.8 Å². The summed E-state index contributed by atoms with van der Waals surface area (Å²) < 4.78 is 27.7. The first-order chi connectivity index (χ1) is 17.4. The zero-order chi connectivity index (χ0) is 27.1. The fraction of sp³-hybridized carbons (Fsp3) is 0.192. The van der Waals surface area contributed by atoms with Crippen LogP contribution < -0.4 is 5.32 Å². The van der Waals surface area contributed by atoms with Crippen molar-refractivity contribution in [3.05, 3.63) is 75.6 Å². The Morgan fingerprint density at radius 2 is 1.84 bits per heavy atom. The molecule has 0 aliphatic carbocycles. The molecule has 0 radical (unpaired) electrons. The van der Waals surface area contributed by atoms with Crippen LogP contribution in [-0.4, -0.2) is 55.3 Å². The summed E-state index contributed by atoms with van der Waals surface area (Å²) >= 11 is 6.14. The van der Waals surface area contributed by atoms with E-state index in [4.69, 9.17) is 11.6 Å². The Morgan fingerprint density at radius 3 is 2.51 bits per heavy atom. The quantitative estimate of drug-likeness (QED) is 0.386. The molecule has 37 heavy (non-hydrogen) atoms. The third-order valence-corrected chi connectivity index (χ3v) is 8.34. The Balaban J connectivity index is 1.93. The summed E-state index contributed by atoms with van der Waals surface area (Å²) in [7, 11) is -1.14. The fourth-order valence-corrected chi connectivity index (χ4v) is 6.39. The molecule has 4 rings (SSSR count). The van der Waals surface area contributed by atoms with Gasteiger partial charge in [-0.15, -0.1) is 0 Å². The molecule has 0 unspecified atom stereocenters. The molecule has 2 heterocycles. The molecule has 11 heteroatoms. The Hall–Kier alpha value is -3.89. The van der Waals surface area contributed by atoms with Gasteiger partial charge in [0.15, 0.2) is 0 Å². The van der Waals surface area contributed by atoms with E-state index in [0.29, 0.717) is 22.0 Å². The summed E-state index contributed by atoms with van der Waals surface area (Å²) in [6.07, 6.45) is 1.56. The van der Waals surface area contributed by atoms with Gasteiger partial charge in [-0.3, -0.25) is 9.59 Å². The normalized spacial score (nSPS) is 13.9. The molecule has 2 aromatic carbocycles. The predicted octanol–water partition coefficient (Wildman–Crippen LogP) is 4.02. The minimum Gasteiger partial charge on any atom is -0.478 e. The zero-order valence-electron chi connectivity index (χ0n) is 20.3. The van der Waals surface area contributed by atoms with Gasteiger partial charge in [0.25, 0.3) is 5.91 Å². The maximum Gasteiger partial charge on any atom is 0.337 e. The third kappa shape index (κ3) is 4.90. The molecular weight excluding hydrogens is 518 g/mol. The van der Waals surface area contributed by atoms with Crippen LogP contribution in [0.1, 0.15) is 39.3 Å². The molecule has 0 saturated carbocycles.